The van der Waals surface area contributed by atoms with Gasteiger partial charge in [0.2, 0.25) is 0 Å². The van der Waals surface area contributed by atoms with Crippen LogP contribution in [0, 0.1) is 46.3 Å². The Bertz CT molecular complexity index is 639. The summed E-state index contributed by atoms with van der Waals surface area (Å²) in [6.45, 7) is 13.2. The second-order valence-corrected chi connectivity index (χ2v) is 12.6. The first-order valence-corrected chi connectivity index (χ1v) is 13.7. The molecule has 3 fully saturated rings. The Labute approximate surface area is 192 Å². The molecular formula is C29H50O2. The topological polar surface area (TPSA) is 29.5 Å². The third kappa shape index (κ3) is 4.18. The van der Waals surface area contributed by atoms with Gasteiger partial charge in [0.05, 0.1) is 19.3 Å². The van der Waals surface area contributed by atoms with Crippen molar-refractivity contribution >= 4 is 0 Å². The van der Waals surface area contributed by atoms with E-state index in [1.165, 1.54) is 70.6 Å². The van der Waals surface area contributed by atoms with Gasteiger partial charge in [-0.3, -0.25) is 0 Å². The van der Waals surface area contributed by atoms with Crippen molar-refractivity contribution in [3.8, 4) is 0 Å². The van der Waals surface area contributed by atoms with E-state index in [1.807, 2.05) is 0 Å². The van der Waals surface area contributed by atoms with Gasteiger partial charge in [0.15, 0.2) is 0 Å². The third-order valence-corrected chi connectivity index (χ3v) is 10.7. The molecule has 4 aliphatic rings. The van der Waals surface area contributed by atoms with Gasteiger partial charge in [0, 0.05) is 5.41 Å². The van der Waals surface area contributed by atoms with Crippen LogP contribution >= 0.6 is 0 Å². The number of aliphatic hydroxyl groups is 1. The van der Waals surface area contributed by atoms with E-state index in [1.54, 1.807) is 5.57 Å². The molecule has 0 radical (unpaired) electrons. The van der Waals surface area contributed by atoms with Crippen molar-refractivity contribution in [1.29, 1.82) is 0 Å². The van der Waals surface area contributed by atoms with E-state index in [9.17, 15) is 5.11 Å². The minimum atomic E-state index is 0.150. The number of ether oxygens (including phenoxy) is 1. The summed E-state index contributed by atoms with van der Waals surface area (Å²) in [5.74, 6) is 5.18. The lowest BCUT2D eigenvalue weighted by atomic mass is 9.46. The van der Waals surface area contributed by atoms with Crippen molar-refractivity contribution in [2.75, 3.05) is 13.2 Å². The number of hydrogen-bond acceptors (Lipinski definition) is 2. The van der Waals surface area contributed by atoms with Crippen LogP contribution in [-0.4, -0.2) is 24.4 Å². The summed E-state index contributed by atoms with van der Waals surface area (Å²) in [7, 11) is 0. The first-order valence-electron chi connectivity index (χ1n) is 13.7. The minimum Gasteiger partial charge on any atom is -0.394 e. The zero-order valence-corrected chi connectivity index (χ0v) is 21.2. The number of fused-ring (bicyclic) bond motifs is 5. The van der Waals surface area contributed by atoms with Gasteiger partial charge in [0.1, 0.15) is 0 Å². The zero-order chi connectivity index (χ0) is 22.2. The van der Waals surface area contributed by atoms with Crippen LogP contribution in [0.1, 0.15) is 105 Å². The zero-order valence-electron chi connectivity index (χ0n) is 21.2. The highest BCUT2D eigenvalue weighted by molar-refractivity contribution is 5.26. The molecule has 2 heteroatoms. The molecule has 8 atom stereocenters. The molecule has 0 aliphatic heterocycles. The van der Waals surface area contributed by atoms with Crippen molar-refractivity contribution in [1.82, 2.24) is 0 Å². The van der Waals surface area contributed by atoms with E-state index >= 15 is 0 Å². The summed E-state index contributed by atoms with van der Waals surface area (Å²) in [6.07, 6.45) is 18.0. The highest BCUT2D eigenvalue weighted by Crippen LogP contribution is 2.67. The Kier molecular flexibility index (Phi) is 7.29. The highest BCUT2D eigenvalue weighted by atomic mass is 16.5. The van der Waals surface area contributed by atoms with Gasteiger partial charge >= 0.3 is 0 Å². The molecule has 4 aliphatic carbocycles. The summed E-state index contributed by atoms with van der Waals surface area (Å²) < 4.78 is 6.32. The molecule has 0 heterocycles. The maximum absolute atomic E-state index is 9.40. The first-order chi connectivity index (χ1) is 14.8. The standard InChI is InChI=1S/C29H50O2/c1-20(2)8-6-9-21(3)24-14-15-25-23-13-12-22-10-7-11-27(31-19-18-30)29(22,5)26(23)16-17-28(24,25)4/h12,20-21,23-27,30H,6-11,13-19H2,1-5H3. The maximum atomic E-state index is 9.40. The number of allylic oxidation sites excluding steroid dienone is 1. The van der Waals surface area contributed by atoms with Gasteiger partial charge in [-0.25, -0.2) is 0 Å². The van der Waals surface area contributed by atoms with Crippen LogP contribution in [-0.2, 0) is 4.74 Å². The lowest BCUT2D eigenvalue weighted by molar-refractivity contribution is -0.119. The quantitative estimate of drug-likeness (QED) is 0.406. The van der Waals surface area contributed by atoms with Crippen LogP contribution in [0.3, 0.4) is 0 Å². The molecule has 8 unspecified atom stereocenters. The lowest BCUT2D eigenvalue weighted by Crippen LogP contribution is -2.55. The van der Waals surface area contributed by atoms with E-state index in [0.717, 1.165) is 35.5 Å². The van der Waals surface area contributed by atoms with Gasteiger partial charge < -0.3 is 9.84 Å². The fourth-order valence-electron chi connectivity index (χ4n) is 9.17. The fourth-order valence-corrected chi connectivity index (χ4v) is 9.17. The Hall–Kier alpha value is -0.340. The number of hydrogen-bond donors (Lipinski definition) is 1. The first kappa shape index (κ1) is 23.8. The van der Waals surface area contributed by atoms with Crippen LogP contribution in [0.25, 0.3) is 0 Å². The average Bonchev–Trinajstić information content (AvgIpc) is 3.09. The fraction of sp³-hybridized carbons (Fsp3) is 0.931. The normalized spacial score (nSPS) is 43.2. The van der Waals surface area contributed by atoms with E-state index in [-0.39, 0.29) is 12.0 Å². The van der Waals surface area contributed by atoms with Gasteiger partial charge in [-0.2, -0.15) is 0 Å². The van der Waals surface area contributed by atoms with Crippen molar-refractivity contribution in [3.05, 3.63) is 11.6 Å². The average molecular weight is 431 g/mol. The third-order valence-electron chi connectivity index (χ3n) is 10.7. The van der Waals surface area contributed by atoms with Crippen LogP contribution in [0.4, 0.5) is 0 Å². The molecule has 1 N–H and O–H groups in total. The second kappa shape index (κ2) is 9.49. The highest BCUT2D eigenvalue weighted by Gasteiger charge is 2.60. The van der Waals surface area contributed by atoms with Crippen molar-refractivity contribution in [2.45, 2.75) is 111 Å². The predicted molar refractivity (Wildman–Crippen MR) is 130 cm³/mol. The molecule has 4 rings (SSSR count). The van der Waals surface area contributed by atoms with Gasteiger partial charge in [-0.1, -0.05) is 65.5 Å². The molecule has 0 bridgehead atoms. The maximum Gasteiger partial charge on any atom is 0.0701 e. The molecule has 2 nitrogen and oxygen atoms in total. The Balaban J connectivity index is 1.51. The van der Waals surface area contributed by atoms with E-state index in [0.29, 0.717) is 18.1 Å². The summed E-state index contributed by atoms with van der Waals surface area (Å²) in [4.78, 5) is 0. The predicted octanol–water partition coefficient (Wildman–Crippen LogP) is 7.41. The monoisotopic (exact) mass is 430 g/mol. The molecule has 0 aromatic carbocycles. The minimum absolute atomic E-state index is 0.150. The summed E-state index contributed by atoms with van der Waals surface area (Å²) in [6, 6.07) is 0. The van der Waals surface area contributed by atoms with Crippen molar-refractivity contribution in [2.24, 2.45) is 46.3 Å². The summed E-state index contributed by atoms with van der Waals surface area (Å²) in [5, 5.41) is 9.40. The lowest BCUT2D eigenvalue weighted by Gasteiger charge is -2.60. The Morgan fingerprint density at radius 2 is 1.87 bits per heavy atom. The molecule has 0 aromatic rings. The van der Waals surface area contributed by atoms with Gasteiger partial charge in [-0.05, 0) is 92.3 Å². The van der Waals surface area contributed by atoms with Crippen LogP contribution < -0.4 is 0 Å². The molecule has 0 aromatic heterocycles. The summed E-state index contributed by atoms with van der Waals surface area (Å²) >= 11 is 0. The van der Waals surface area contributed by atoms with E-state index < -0.39 is 0 Å². The Morgan fingerprint density at radius 1 is 1.06 bits per heavy atom. The smallest absolute Gasteiger partial charge is 0.0701 e. The van der Waals surface area contributed by atoms with E-state index in [4.69, 9.17) is 4.74 Å². The number of aliphatic hydroxyl groups excluding tert-OH is 1. The molecule has 0 saturated heterocycles. The van der Waals surface area contributed by atoms with Crippen LogP contribution in [0.2, 0.25) is 0 Å². The summed E-state index contributed by atoms with van der Waals surface area (Å²) in [5.41, 5.74) is 2.46. The van der Waals surface area contributed by atoms with Gasteiger partial charge in [0.25, 0.3) is 0 Å². The van der Waals surface area contributed by atoms with Crippen LogP contribution in [0.15, 0.2) is 11.6 Å². The number of rotatable bonds is 8. The van der Waals surface area contributed by atoms with Gasteiger partial charge in [-0.15, -0.1) is 0 Å². The Morgan fingerprint density at radius 3 is 2.61 bits per heavy atom. The molecule has 0 spiro atoms. The second-order valence-electron chi connectivity index (χ2n) is 12.6. The van der Waals surface area contributed by atoms with Crippen molar-refractivity contribution < 1.29 is 9.84 Å². The SMILES string of the molecule is CC(C)CCCC(C)C1CCC2C3CC=C4CCCC(OCCO)C4(C)C3CCC12C. The molecule has 31 heavy (non-hydrogen) atoms. The molecular weight excluding hydrogens is 380 g/mol. The molecule has 0 amide bonds. The largest absolute Gasteiger partial charge is 0.394 e. The van der Waals surface area contributed by atoms with Crippen LogP contribution in [0.5, 0.6) is 0 Å². The molecule has 178 valence electrons. The molecule has 3 saturated carbocycles. The van der Waals surface area contributed by atoms with E-state index in [2.05, 4.69) is 40.7 Å². The van der Waals surface area contributed by atoms with Crippen molar-refractivity contribution in [3.63, 3.8) is 0 Å².